The number of benzene rings is 1. The van der Waals surface area contributed by atoms with E-state index in [1.165, 1.54) is 30.8 Å². The smallest absolute Gasteiger partial charge is 0.252 e. The standard InChI is InChI=1S/C19H23BrN2OS/c1-14-8-10-22(11-9-14)17(18-7-4-12-24-18)13-21-19(23)15-5-2-3-6-16(15)20/h2-7,12,14,17H,8-11,13H2,1H3,(H,21,23)/p+1/t17-/m0/s1. The highest BCUT2D eigenvalue weighted by atomic mass is 79.9. The van der Waals surface area contributed by atoms with E-state index in [0.29, 0.717) is 18.2 Å². The number of carbonyl (C=O) groups excluding carboxylic acids is 1. The Bertz CT molecular complexity index is 666. The number of likely N-dealkylation sites (tertiary alicyclic amines) is 1. The Morgan fingerprint density at radius 1 is 1.29 bits per heavy atom. The van der Waals surface area contributed by atoms with Crippen LogP contribution in [-0.2, 0) is 0 Å². The molecule has 1 saturated heterocycles. The summed E-state index contributed by atoms with van der Waals surface area (Å²) in [7, 11) is 0. The van der Waals surface area contributed by atoms with Crippen LogP contribution in [0.4, 0.5) is 0 Å². The first-order valence-electron chi connectivity index (χ1n) is 8.56. The second kappa shape index (κ2) is 8.28. The second-order valence-electron chi connectivity index (χ2n) is 6.60. The largest absolute Gasteiger partial charge is 0.346 e. The van der Waals surface area contributed by atoms with Crippen molar-refractivity contribution in [3.05, 3.63) is 56.7 Å². The Morgan fingerprint density at radius 2 is 2.04 bits per heavy atom. The number of amides is 1. The highest BCUT2D eigenvalue weighted by molar-refractivity contribution is 9.10. The number of halogens is 1. The van der Waals surface area contributed by atoms with Gasteiger partial charge in [0.2, 0.25) is 0 Å². The van der Waals surface area contributed by atoms with Gasteiger partial charge in [0.05, 0.1) is 30.1 Å². The molecule has 24 heavy (non-hydrogen) atoms. The minimum Gasteiger partial charge on any atom is -0.346 e. The summed E-state index contributed by atoms with van der Waals surface area (Å²) in [6, 6.07) is 12.2. The Balaban J connectivity index is 1.68. The van der Waals surface area contributed by atoms with Gasteiger partial charge in [0, 0.05) is 4.47 Å². The van der Waals surface area contributed by atoms with Crippen LogP contribution in [0.15, 0.2) is 46.3 Å². The molecular weight excluding hydrogens is 384 g/mol. The Labute approximate surface area is 156 Å². The summed E-state index contributed by atoms with van der Waals surface area (Å²) in [4.78, 5) is 15.5. The number of thiophene rings is 1. The third-order valence-electron chi connectivity index (χ3n) is 4.88. The van der Waals surface area contributed by atoms with Gasteiger partial charge in [0.25, 0.3) is 5.91 Å². The average molecular weight is 408 g/mol. The predicted molar refractivity (Wildman–Crippen MR) is 103 cm³/mol. The third-order valence-corrected chi connectivity index (χ3v) is 6.56. The topological polar surface area (TPSA) is 33.5 Å². The number of piperidine rings is 1. The maximum atomic E-state index is 12.5. The Kier molecular flexibility index (Phi) is 6.09. The molecular formula is C19H24BrN2OS+. The highest BCUT2D eigenvalue weighted by Crippen LogP contribution is 2.19. The maximum absolute atomic E-state index is 12.5. The summed E-state index contributed by atoms with van der Waals surface area (Å²) in [5.41, 5.74) is 0.699. The van der Waals surface area contributed by atoms with Crippen LogP contribution in [0.1, 0.15) is 41.0 Å². The molecule has 0 saturated carbocycles. The van der Waals surface area contributed by atoms with Gasteiger partial charge < -0.3 is 10.2 Å². The molecule has 0 unspecified atom stereocenters. The molecule has 1 aromatic carbocycles. The first kappa shape index (κ1) is 17.6. The lowest BCUT2D eigenvalue weighted by molar-refractivity contribution is -0.935. The van der Waals surface area contributed by atoms with Crippen molar-refractivity contribution in [2.24, 2.45) is 5.92 Å². The number of nitrogens with one attached hydrogen (secondary N) is 2. The van der Waals surface area contributed by atoms with E-state index in [2.05, 4.69) is 45.7 Å². The Hall–Kier alpha value is -1.17. The molecule has 1 aliphatic heterocycles. The quantitative estimate of drug-likeness (QED) is 0.782. The number of hydrogen-bond donors (Lipinski definition) is 2. The van der Waals surface area contributed by atoms with Crippen molar-refractivity contribution < 1.29 is 9.69 Å². The summed E-state index contributed by atoms with van der Waals surface area (Å²) in [5.74, 6) is 0.821. The summed E-state index contributed by atoms with van der Waals surface area (Å²) in [6.07, 6.45) is 2.55. The van der Waals surface area contributed by atoms with Crippen LogP contribution in [0, 0.1) is 5.92 Å². The first-order chi connectivity index (χ1) is 11.6. The SMILES string of the molecule is CC1CC[NH+]([C@@H](CNC(=O)c2ccccc2Br)c2cccs2)CC1. The van der Waals surface area contributed by atoms with Gasteiger partial charge in [0.15, 0.2) is 0 Å². The van der Waals surface area contributed by atoms with Gasteiger partial charge in [-0.15, -0.1) is 11.3 Å². The van der Waals surface area contributed by atoms with Gasteiger partial charge in [-0.2, -0.15) is 0 Å². The Morgan fingerprint density at radius 3 is 2.71 bits per heavy atom. The molecule has 0 bridgehead atoms. The second-order valence-corrected chi connectivity index (χ2v) is 8.43. The van der Waals surface area contributed by atoms with Crippen molar-refractivity contribution in [1.29, 1.82) is 0 Å². The van der Waals surface area contributed by atoms with Crippen molar-refractivity contribution in [3.8, 4) is 0 Å². The molecule has 0 aliphatic carbocycles. The molecule has 0 radical (unpaired) electrons. The van der Waals surface area contributed by atoms with Gasteiger partial charge in [0.1, 0.15) is 6.04 Å². The van der Waals surface area contributed by atoms with Crippen LogP contribution in [0.5, 0.6) is 0 Å². The van der Waals surface area contributed by atoms with Crippen LogP contribution in [0.3, 0.4) is 0 Å². The van der Waals surface area contributed by atoms with Crippen LogP contribution >= 0.6 is 27.3 Å². The zero-order chi connectivity index (χ0) is 16.9. The molecule has 2 aromatic rings. The fraction of sp³-hybridized carbons (Fsp3) is 0.421. The lowest BCUT2D eigenvalue weighted by Gasteiger charge is -2.33. The molecule has 1 aliphatic rings. The van der Waals surface area contributed by atoms with E-state index in [-0.39, 0.29) is 5.91 Å². The van der Waals surface area contributed by atoms with Crippen molar-refractivity contribution in [3.63, 3.8) is 0 Å². The molecule has 1 aromatic heterocycles. The monoisotopic (exact) mass is 407 g/mol. The molecule has 1 atom stereocenters. The molecule has 128 valence electrons. The molecule has 2 N–H and O–H groups in total. The lowest BCUT2D eigenvalue weighted by Crippen LogP contribution is -3.14. The number of hydrogen-bond acceptors (Lipinski definition) is 2. The maximum Gasteiger partial charge on any atom is 0.252 e. The van der Waals surface area contributed by atoms with E-state index in [0.717, 1.165) is 10.4 Å². The van der Waals surface area contributed by atoms with E-state index >= 15 is 0 Å². The summed E-state index contributed by atoms with van der Waals surface area (Å²) >= 11 is 5.26. The van der Waals surface area contributed by atoms with Gasteiger partial charge in [-0.25, -0.2) is 0 Å². The van der Waals surface area contributed by atoms with Gasteiger partial charge in [-0.3, -0.25) is 4.79 Å². The molecule has 1 fully saturated rings. The zero-order valence-corrected chi connectivity index (χ0v) is 16.3. The minimum atomic E-state index is -0.00573. The third kappa shape index (κ3) is 4.26. The molecule has 3 rings (SSSR count). The molecule has 1 amide bonds. The molecule has 0 spiro atoms. The van der Waals surface area contributed by atoms with Crippen molar-refractivity contribution in [1.82, 2.24) is 5.32 Å². The van der Waals surface area contributed by atoms with Crippen LogP contribution in [0.25, 0.3) is 0 Å². The number of rotatable bonds is 5. The van der Waals surface area contributed by atoms with Crippen LogP contribution in [-0.4, -0.2) is 25.5 Å². The molecule has 3 nitrogen and oxygen atoms in total. The summed E-state index contributed by atoms with van der Waals surface area (Å²) in [6.45, 7) is 5.40. The molecule has 2 heterocycles. The van der Waals surface area contributed by atoms with Gasteiger partial charge >= 0.3 is 0 Å². The number of carbonyl (C=O) groups is 1. The normalized spacial score (nSPS) is 22.1. The van der Waals surface area contributed by atoms with E-state index < -0.39 is 0 Å². The van der Waals surface area contributed by atoms with Crippen LogP contribution < -0.4 is 10.2 Å². The van der Waals surface area contributed by atoms with E-state index in [1.54, 1.807) is 16.2 Å². The highest BCUT2D eigenvalue weighted by Gasteiger charge is 2.29. The zero-order valence-electron chi connectivity index (χ0n) is 13.9. The number of quaternary nitrogens is 1. The molecule has 5 heteroatoms. The fourth-order valence-electron chi connectivity index (χ4n) is 3.35. The van der Waals surface area contributed by atoms with Crippen molar-refractivity contribution in [2.75, 3.05) is 19.6 Å². The summed E-state index contributed by atoms with van der Waals surface area (Å²) in [5, 5.41) is 5.28. The summed E-state index contributed by atoms with van der Waals surface area (Å²) < 4.78 is 0.842. The van der Waals surface area contributed by atoms with Crippen molar-refractivity contribution >= 4 is 33.2 Å². The lowest BCUT2D eigenvalue weighted by atomic mass is 9.97. The van der Waals surface area contributed by atoms with Gasteiger partial charge in [-0.05, 0) is 58.3 Å². The minimum absolute atomic E-state index is 0.00573. The predicted octanol–water partition coefficient (Wildman–Crippen LogP) is 3.30. The van der Waals surface area contributed by atoms with Crippen LogP contribution in [0.2, 0.25) is 0 Å². The average Bonchev–Trinajstić information content (AvgIpc) is 3.11. The fourth-order valence-corrected chi connectivity index (χ4v) is 4.70. The van der Waals surface area contributed by atoms with Gasteiger partial charge in [-0.1, -0.05) is 25.1 Å². The van der Waals surface area contributed by atoms with E-state index in [4.69, 9.17) is 0 Å². The van der Waals surface area contributed by atoms with Crippen molar-refractivity contribution in [2.45, 2.75) is 25.8 Å². The van der Waals surface area contributed by atoms with E-state index in [1.807, 2.05) is 24.3 Å². The first-order valence-corrected chi connectivity index (χ1v) is 10.2. The van der Waals surface area contributed by atoms with E-state index in [9.17, 15) is 4.79 Å².